The first-order valence-electron chi connectivity index (χ1n) is 7.35. The van der Waals surface area contributed by atoms with Crippen molar-refractivity contribution in [1.29, 1.82) is 0 Å². The maximum Gasteiger partial charge on any atom is 0.410 e. The van der Waals surface area contributed by atoms with Crippen LogP contribution in [-0.4, -0.2) is 76.4 Å². The van der Waals surface area contributed by atoms with Crippen molar-refractivity contribution in [3.8, 4) is 0 Å². The van der Waals surface area contributed by atoms with Gasteiger partial charge in [0.05, 0.1) is 18.3 Å². The first-order valence-corrected chi connectivity index (χ1v) is 7.35. The molecule has 1 rings (SSSR count). The SMILES string of the molecule is CC(C)(C)OC(=O)N1CCC(O)(CNCC(O)CO)CC1. The highest BCUT2D eigenvalue weighted by Crippen LogP contribution is 2.23. The van der Waals surface area contributed by atoms with E-state index in [1.165, 1.54) is 0 Å². The van der Waals surface area contributed by atoms with Crippen LogP contribution in [0.15, 0.2) is 0 Å². The van der Waals surface area contributed by atoms with Crippen LogP contribution in [0.4, 0.5) is 4.79 Å². The lowest BCUT2D eigenvalue weighted by molar-refractivity contribution is -0.0324. The van der Waals surface area contributed by atoms with E-state index >= 15 is 0 Å². The molecule has 1 aliphatic rings. The van der Waals surface area contributed by atoms with Crippen LogP contribution in [0.5, 0.6) is 0 Å². The Bertz CT molecular complexity index is 335. The van der Waals surface area contributed by atoms with Crippen LogP contribution in [0.25, 0.3) is 0 Å². The number of aliphatic hydroxyl groups excluding tert-OH is 2. The van der Waals surface area contributed by atoms with Crippen LogP contribution in [-0.2, 0) is 4.74 Å². The molecular formula is C14H28N2O5. The zero-order valence-corrected chi connectivity index (χ0v) is 13.1. The molecule has 0 aliphatic carbocycles. The lowest BCUT2D eigenvalue weighted by Gasteiger charge is -2.38. The van der Waals surface area contributed by atoms with Gasteiger partial charge in [-0.3, -0.25) is 0 Å². The first-order chi connectivity index (χ1) is 9.65. The summed E-state index contributed by atoms with van der Waals surface area (Å²) in [6.45, 7) is 6.59. The standard InChI is InChI=1S/C14H28N2O5/c1-13(2,3)21-12(19)16-6-4-14(20,5-7-16)10-15-8-11(18)9-17/h11,15,17-18,20H,4-10H2,1-3H3. The van der Waals surface area contributed by atoms with E-state index in [1.807, 2.05) is 20.8 Å². The summed E-state index contributed by atoms with van der Waals surface area (Å²) in [4.78, 5) is 13.5. The molecule has 1 atom stereocenters. The van der Waals surface area contributed by atoms with Crippen molar-refractivity contribution >= 4 is 6.09 Å². The number of rotatable bonds is 5. The molecule has 1 aliphatic heterocycles. The van der Waals surface area contributed by atoms with Crippen molar-refractivity contribution in [3.63, 3.8) is 0 Å². The normalized spacial score (nSPS) is 20.2. The largest absolute Gasteiger partial charge is 0.444 e. The van der Waals surface area contributed by atoms with E-state index in [1.54, 1.807) is 4.90 Å². The molecule has 0 aromatic carbocycles. The van der Waals surface area contributed by atoms with Gasteiger partial charge in [-0.25, -0.2) is 4.79 Å². The average molecular weight is 304 g/mol. The summed E-state index contributed by atoms with van der Waals surface area (Å²) in [6.07, 6.45) is -0.271. The number of hydrogen-bond acceptors (Lipinski definition) is 6. The fourth-order valence-corrected chi connectivity index (χ4v) is 2.14. The molecule has 7 nitrogen and oxygen atoms in total. The van der Waals surface area contributed by atoms with Gasteiger partial charge in [-0.1, -0.05) is 0 Å². The summed E-state index contributed by atoms with van der Waals surface area (Å²) in [5.41, 5.74) is -1.42. The smallest absolute Gasteiger partial charge is 0.410 e. The van der Waals surface area contributed by atoms with Crippen molar-refractivity contribution < 1.29 is 24.9 Å². The highest BCUT2D eigenvalue weighted by molar-refractivity contribution is 5.68. The van der Waals surface area contributed by atoms with E-state index in [-0.39, 0.29) is 19.2 Å². The van der Waals surface area contributed by atoms with Gasteiger partial charge in [0.2, 0.25) is 0 Å². The molecule has 0 bridgehead atoms. The van der Waals surface area contributed by atoms with E-state index in [9.17, 15) is 15.0 Å². The Kier molecular flexibility index (Phi) is 6.40. The summed E-state index contributed by atoms with van der Waals surface area (Å²) in [6, 6.07) is 0. The van der Waals surface area contributed by atoms with Crippen molar-refractivity contribution in [2.45, 2.75) is 50.9 Å². The summed E-state index contributed by atoms with van der Waals surface area (Å²) in [5.74, 6) is 0. The Morgan fingerprint density at radius 2 is 1.95 bits per heavy atom. The van der Waals surface area contributed by atoms with Crippen molar-refractivity contribution in [1.82, 2.24) is 10.2 Å². The number of ether oxygens (including phenoxy) is 1. The molecule has 1 fully saturated rings. The molecule has 0 radical (unpaired) electrons. The maximum atomic E-state index is 11.9. The van der Waals surface area contributed by atoms with Crippen LogP contribution in [0.2, 0.25) is 0 Å². The molecular weight excluding hydrogens is 276 g/mol. The Balaban J connectivity index is 2.35. The second-order valence-electron chi connectivity index (χ2n) is 6.66. The Morgan fingerprint density at radius 3 is 2.43 bits per heavy atom. The molecule has 124 valence electrons. The van der Waals surface area contributed by atoms with Crippen molar-refractivity contribution in [2.75, 3.05) is 32.8 Å². The maximum absolute atomic E-state index is 11.9. The van der Waals surface area contributed by atoms with Crippen LogP contribution in [0.1, 0.15) is 33.6 Å². The second kappa shape index (κ2) is 7.40. The van der Waals surface area contributed by atoms with Gasteiger partial charge < -0.3 is 30.3 Å². The van der Waals surface area contributed by atoms with E-state index in [4.69, 9.17) is 9.84 Å². The van der Waals surface area contributed by atoms with Crippen LogP contribution < -0.4 is 5.32 Å². The van der Waals surface area contributed by atoms with E-state index < -0.39 is 17.3 Å². The second-order valence-corrected chi connectivity index (χ2v) is 6.66. The molecule has 4 N–H and O–H groups in total. The van der Waals surface area contributed by atoms with Gasteiger partial charge in [-0.15, -0.1) is 0 Å². The number of hydrogen-bond donors (Lipinski definition) is 4. The summed E-state index contributed by atoms with van der Waals surface area (Å²) >= 11 is 0. The number of likely N-dealkylation sites (tertiary alicyclic amines) is 1. The minimum atomic E-state index is -0.895. The lowest BCUT2D eigenvalue weighted by Crippen LogP contribution is -2.52. The van der Waals surface area contributed by atoms with E-state index in [0.717, 1.165) is 0 Å². The average Bonchev–Trinajstić information content (AvgIpc) is 2.37. The molecule has 0 spiro atoms. The van der Waals surface area contributed by atoms with Crippen molar-refractivity contribution in [3.05, 3.63) is 0 Å². The molecule has 0 aromatic rings. The fourth-order valence-electron chi connectivity index (χ4n) is 2.14. The van der Waals surface area contributed by atoms with Gasteiger partial charge >= 0.3 is 6.09 Å². The Hall–Kier alpha value is -0.890. The quantitative estimate of drug-likeness (QED) is 0.556. The zero-order valence-electron chi connectivity index (χ0n) is 13.1. The fraction of sp³-hybridized carbons (Fsp3) is 0.929. The number of aliphatic hydroxyl groups is 3. The molecule has 0 aromatic heterocycles. The predicted octanol–water partition coefficient (Wildman–Crippen LogP) is -0.309. The molecule has 1 saturated heterocycles. The van der Waals surface area contributed by atoms with Gasteiger partial charge in [0, 0.05) is 26.2 Å². The number of carbonyl (C=O) groups is 1. The molecule has 21 heavy (non-hydrogen) atoms. The summed E-state index contributed by atoms with van der Waals surface area (Å²) < 4.78 is 5.30. The lowest BCUT2D eigenvalue weighted by atomic mass is 9.91. The van der Waals surface area contributed by atoms with Crippen LogP contribution in [0, 0.1) is 0 Å². The molecule has 1 heterocycles. The molecule has 1 amide bonds. The van der Waals surface area contributed by atoms with Gasteiger partial charge in [0.1, 0.15) is 5.60 Å². The number of amides is 1. The first kappa shape index (κ1) is 18.2. The van der Waals surface area contributed by atoms with Crippen LogP contribution in [0.3, 0.4) is 0 Å². The number of carbonyl (C=O) groups excluding carboxylic acids is 1. The predicted molar refractivity (Wildman–Crippen MR) is 78.0 cm³/mol. The third-order valence-corrected chi connectivity index (χ3v) is 3.39. The van der Waals surface area contributed by atoms with Crippen LogP contribution >= 0.6 is 0 Å². The van der Waals surface area contributed by atoms with Gasteiger partial charge in [-0.2, -0.15) is 0 Å². The number of nitrogens with one attached hydrogen (secondary N) is 1. The van der Waals surface area contributed by atoms with E-state index in [0.29, 0.717) is 32.5 Å². The van der Waals surface area contributed by atoms with Gasteiger partial charge in [0.25, 0.3) is 0 Å². The Labute approximate surface area is 125 Å². The third-order valence-electron chi connectivity index (χ3n) is 3.39. The number of piperidine rings is 1. The minimum Gasteiger partial charge on any atom is -0.444 e. The highest BCUT2D eigenvalue weighted by atomic mass is 16.6. The van der Waals surface area contributed by atoms with E-state index in [2.05, 4.69) is 5.32 Å². The highest BCUT2D eigenvalue weighted by Gasteiger charge is 2.35. The monoisotopic (exact) mass is 304 g/mol. The number of nitrogens with zero attached hydrogens (tertiary/aromatic N) is 1. The summed E-state index contributed by atoms with van der Waals surface area (Å²) in [7, 11) is 0. The summed E-state index contributed by atoms with van der Waals surface area (Å²) in [5, 5.41) is 31.3. The van der Waals surface area contributed by atoms with Gasteiger partial charge in [-0.05, 0) is 33.6 Å². The topological polar surface area (TPSA) is 102 Å². The van der Waals surface area contributed by atoms with Gasteiger partial charge in [0.15, 0.2) is 0 Å². The van der Waals surface area contributed by atoms with Crippen molar-refractivity contribution in [2.24, 2.45) is 0 Å². The zero-order chi connectivity index (χ0) is 16.1. The third kappa shape index (κ3) is 6.60. The molecule has 7 heteroatoms. The minimum absolute atomic E-state index is 0.231. The molecule has 0 saturated carbocycles. The molecule has 1 unspecified atom stereocenters. The Morgan fingerprint density at radius 1 is 1.38 bits per heavy atom.